The first kappa shape index (κ1) is 12.2. The third kappa shape index (κ3) is 1.73. The van der Waals surface area contributed by atoms with E-state index in [1.807, 2.05) is 30.3 Å². The highest BCUT2D eigenvalue weighted by molar-refractivity contribution is 6.00. The lowest BCUT2D eigenvalue weighted by Gasteiger charge is -1.98. The van der Waals surface area contributed by atoms with Gasteiger partial charge in [0.05, 0.1) is 16.4 Å². The number of allylic oxidation sites excluding steroid dienone is 1. The number of fused-ring (bicyclic) bond motifs is 4. The maximum atomic E-state index is 12.4. The van der Waals surface area contributed by atoms with E-state index in [2.05, 4.69) is 21.0 Å². The van der Waals surface area contributed by atoms with Crippen molar-refractivity contribution in [1.82, 2.24) is 9.55 Å². The van der Waals surface area contributed by atoms with Crippen LogP contribution in [-0.2, 0) is 0 Å². The molecule has 0 unspecified atom stereocenters. The van der Waals surface area contributed by atoms with Crippen molar-refractivity contribution in [3.05, 3.63) is 77.1 Å². The smallest absolute Gasteiger partial charge is 0.271 e. The van der Waals surface area contributed by atoms with E-state index in [4.69, 9.17) is 0 Å². The highest BCUT2D eigenvalue weighted by Gasteiger charge is 2.19. The molecule has 108 valence electrons. The molecule has 23 heavy (non-hydrogen) atoms. The molecule has 0 saturated carbocycles. The summed E-state index contributed by atoms with van der Waals surface area (Å²) in [6, 6.07) is 12.0. The Morgan fingerprint density at radius 1 is 1.00 bits per heavy atom. The lowest BCUT2D eigenvalue weighted by atomic mass is 10.0. The standard InChI is InChI=1S/C18H10N4O/c23-18(22-6-5-19-10-22)17-8-11-7-16-13(9-15(11)21-17)12-3-1-2-4-14(12)20-16/h1-10H. The SMILES string of the molecule is O=C(C1=Cc2cc3c(cc2=N1)-c1ccccc1N=3)n1ccnc1. The first-order valence-electron chi connectivity index (χ1n) is 7.25. The molecule has 0 atom stereocenters. The van der Waals surface area contributed by atoms with Gasteiger partial charge >= 0.3 is 0 Å². The van der Waals surface area contributed by atoms with Crippen LogP contribution in [0.3, 0.4) is 0 Å². The molecule has 5 heteroatoms. The summed E-state index contributed by atoms with van der Waals surface area (Å²) in [7, 11) is 0. The number of para-hydroxylation sites is 1. The fourth-order valence-electron chi connectivity index (χ4n) is 2.97. The molecule has 1 aromatic heterocycles. The molecule has 3 aromatic rings. The van der Waals surface area contributed by atoms with Gasteiger partial charge in [-0.15, -0.1) is 0 Å². The summed E-state index contributed by atoms with van der Waals surface area (Å²) in [6.45, 7) is 0. The summed E-state index contributed by atoms with van der Waals surface area (Å²) in [5, 5.41) is 1.73. The van der Waals surface area contributed by atoms with E-state index >= 15 is 0 Å². The van der Waals surface area contributed by atoms with Crippen molar-refractivity contribution in [1.29, 1.82) is 0 Å². The lowest BCUT2D eigenvalue weighted by Crippen LogP contribution is -2.12. The van der Waals surface area contributed by atoms with Crippen LogP contribution in [0.25, 0.3) is 17.2 Å². The Balaban J connectivity index is 1.65. The van der Waals surface area contributed by atoms with Crippen molar-refractivity contribution in [3.8, 4) is 11.1 Å². The van der Waals surface area contributed by atoms with Crippen molar-refractivity contribution in [3.63, 3.8) is 0 Å². The Labute approximate surface area is 131 Å². The molecule has 0 fully saturated rings. The monoisotopic (exact) mass is 298 g/mol. The van der Waals surface area contributed by atoms with Gasteiger partial charge in [0.1, 0.15) is 12.0 Å². The van der Waals surface area contributed by atoms with Crippen LogP contribution in [0.4, 0.5) is 5.69 Å². The molecule has 2 aliphatic heterocycles. The van der Waals surface area contributed by atoms with Gasteiger partial charge in [-0.1, -0.05) is 18.2 Å². The molecule has 0 amide bonds. The average molecular weight is 298 g/mol. The maximum absolute atomic E-state index is 12.4. The summed E-state index contributed by atoms with van der Waals surface area (Å²) in [4.78, 5) is 25.4. The Hall–Kier alpha value is -3.34. The zero-order valence-corrected chi connectivity index (χ0v) is 12.0. The minimum atomic E-state index is -0.184. The summed E-state index contributed by atoms with van der Waals surface area (Å²) in [5.74, 6) is -0.184. The number of benzene rings is 2. The molecule has 5 nitrogen and oxygen atoms in total. The molecule has 0 spiro atoms. The molecule has 0 N–H and O–H groups in total. The Kier molecular flexibility index (Phi) is 2.30. The highest BCUT2D eigenvalue weighted by atomic mass is 16.2. The van der Waals surface area contributed by atoms with Crippen LogP contribution in [-0.4, -0.2) is 15.5 Å². The number of nitrogens with zero attached hydrogens (tertiary/aromatic N) is 4. The molecule has 0 bridgehead atoms. The summed E-state index contributed by atoms with van der Waals surface area (Å²) >= 11 is 0. The van der Waals surface area contributed by atoms with Crippen molar-refractivity contribution >= 4 is 17.7 Å². The normalized spacial score (nSPS) is 13.5. The van der Waals surface area contributed by atoms with Crippen molar-refractivity contribution in [2.75, 3.05) is 0 Å². The van der Waals surface area contributed by atoms with Gasteiger partial charge in [0.2, 0.25) is 0 Å². The Bertz CT molecular complexity index is 1120. The predicted molar refractivity (Wildman–Crippen MR) is 84.7 cm³/mol. The molecule has 0 saturated heterocycles. The second-order valence-corrected chi connectivity index (χ2v) is 5.47. The molecule has 0 aliphatic carbocycles. The third-order valence-corrected chi connectivity index (χ3v) is 4.07. The van der Waals surface area contributed by atoms with Gasteiger partial charge in [-0.2, -0.15) is 0 Å². The van der Waals surface area contributed by atoms with Gasteiger partial charge in [-0.25, -0.2) is 15.0 Å². The van der Waals surface area contributed by atoms with Crippen LogP contribution in [0.5, 0.6) is 0 Å². The van der Waals surface area contributed by atoms with E-state index in [9.17, 15) is 4.79 Å². The van der Waals surface area contributed by atoms with E-state index in [0.29, 0.717) is 5.70 Å². The first-order chi connectivity index (χ1) is 11.3. The van der Waals surface area contributed by atoms with Gasteiger partial charge in [0, 0.05) is 29.1 Å². The van der Waals surface area contributed by atoms with Crippen molar-refractivity contribution in [2.45, 2.75) is 0 Å². The first-order valence-corrected chi connectivity index (χ1v) is 7.25. The van der Waals surface area contributed by atoms with Crippen molar-refractivity contribution < 1.29 is 4.79 Å². The fraction of sp³-hybridized carbons (Fsp3) is 0. The summed E-state index contributed by atoms with van der Waals surface area (Å²) in [6.07, 6.45) is 6.47. The van der Waals surface area contributed by atoms with Crippen LogP contribution in [0.2, 0.25) is 0 Å². The number of carbonyl (C=O) groups excluding carboxylic acids is 1. The zero-order valence-electron chi connectivity index (χ0n) is 12.0. The highest BCUT2D eigenvalue weighted by Crippen LogP contribution is 2.31. The minimum absolute atomic E-state index is 0.184. The molecule has 5 rings (SSSR count). The summed E-state index contributed by atoms with van der Waals surface area (Å²) in [5.41, 5.74) is 4.48. The molecule has 2 aliphatic rings. The topological polar surface area (TPSA) is 59.6 Å². The molecular formula is C18H10N4O. The summed E-state index contributed by atoms with van der Waals surface area (Å²) < 4.78 is 1.43. The van der Waals surface area contributed by atoms with Crippen LogP contribution >= 0.6 is 0 Å². The quantitative estimate of drug-likeness (QED) is 0.540. The number of hydrogen-bond donors (Lipinski definition) is 0. The number of imidazole rings is 1. The van der Waals surface area contributed by atoms with Crippen molar-refractivity contribution in [2.24, 2.45) is 9.98 Å². The van der Waals surface area contributed by atoms with Gasteiger partial charge in [0.15, 0.2) is 0 Å². The number of hydrogen-bond acceptors (Lipinski definition) is 4. The average Bonchev–Trinajstić information content (AvgIpc) is 3.29. The minimum Gasteiger partial charge on any atom is -0.271 e. The van der Waals surface area contributed by atoms with Gasteiger partial charge in [-0.3, -0.25) is 9.36 Å². The molecular weight excluding hydrogens is 288 g/mol. The number of rotatable bonds is 1. The third-order valence-electron chi connectivity index (χ3n) is 4.07. The Morgan fingerprint density at radius 3 is 2.78 bits per heavy atom. The van der Waals surface area contributed by atoms with E-state index in [-0.39, 0.29) is 5.91 Å². The molecule has 3 heterocycles. The predicted octanol–water partition coefficient (Wildman–Crippen LogP) is 2.13. The zero-order chi connectivity index (χ0) is 15.4. The van der Waals surface area contributed by atoms with Crippen LogP contribution in [0, 0.1) is 0 Å². The largest absolute Gasteiger partial charge is 0.281 e. The van der Waals surface area contributed by atoms with Gasteiger partial charge in [0.25, 0.3) is 5.91 Å². The second-order valence-electron chi connectivity index (χ2n) is 5.47. The van der Waals surface area contributed by atoms with Crippen LogP contribution < -0.4 is 10.7 Å². The molecule has 2 aromatic carbocycles. The molecule has 0 radical (unpaired) electrons. The maximum Gasteiger partial charge on any atom is 0.281 e. The fourth-order valence-corrected chi connectivity index (χ4v) is 2.97. The van der Waals surface area contributed by atoms with Gasteiger partial charge in [-0.05, 0) is 24.3 Å². The van der Waals surface area contributed by atoms with Gasteiger partial charge < -0.3 is 0 Å². The number of carbonyl (C=O) groups is 1. The van der Waals surface area contributed by atoms with E-state index in [1.165, 1.54) is 10.9 Å². The Morgan fingerprint density at radius 2 is 1.91 bits per heavy atom. The lowest BCUT2D eigenvalue weighted by molar-refractivity contribution is 0.0954. The van der Waals surface area contributed by atoms with Crippen LogP contribution in [0.15, 0.2) is 70.8 Å². The second kappa shape index (κ2) is 4.33. The number of aromatic nitrogens is 2. The van der Waals surface area contributed by atoms with Crippen LogP contribution in [0.1, 0.15) is 10.4 Å². The van der Waals surface area contributed by atoms with E-state index < -0.39 is 0 Å². The van der Waals surface area contributed by atoms with E-state index in [1.54, 1.807) is 18.5 Å². The van der Waals surface area contributed by atoms with E-state index in [0.717, 1.165) is 33.1 Å².